The average molecular weight is 469 g/mol. The molecule has 0 radical (unpaired) electrons. The second kappa shape index (κ2) is 6.91. The van der Waals surface area contributed by atoms with E-state index in [0.717, 1.165) is 0 Å². The van der Waals surface area contributed by atoms with E-state index in [4.69, 9.17) is 14.2 Å². The van der Waals surface area contributed by atoms with Gasteiger partial charge in [-0.15, -0.1) is 0 Å². The highest BCUT2D eigenvalue weighted by molar-refractivity contribution is 5.66. The van der Waals surface area contributed by atoms with Gasteiger partial charge in [0.05, 0.1) is 24.2 Å². The Hall–Kier alpha value is -1.26. The highest BCUT2D eigenvalue weighted by Gasteiger charge is 2.87. The third-order valence-electron chi connectivity index (χ3n) is 10.1. The summed E-state index contributed by atoms with van der Waals surface area (Å²) in [6.07, 6.45) is -0.839. The van der Waals surface area contributed by atoms with E-state index in [1.165, 1.54) is 13.8 Å². The van der Waals surface area contributed by atoms with Gasteiger partial charge >= 0.3 is 11.9 Å². The molecular formula is C24H36O9. The van der Waals surface area contributed by atoms with Crippen molar-refractivity contribution in [1.82, 2.24) is 0 Å². The SMILES string of the molecule is CC(=O)OC[C@@]1(O)[C@@H]2CC[C@H]3[C@@]45CO[C@@](O)([C@@H](OC(C)=O)[C@@H]4C(C)(C)CC[C@H]5O)[C@]3(C2)[C@@H]1O. The van der Waals surface area contributed by atoms with E-state index in [2.05, 4.69) is 13.8 Å². The zero-order valence-corrected chi connectivity index (χ0v) is 19.7. The first-order chi connectivity index (χ1) is 15.3. The molecule has 6 fully saturated rings. The molecular weight excluding hydrogens is 432 g/mol. The lowest BCUT2D eigenvalue weighted by Gasteiger charge is -2.75. The van der Waals surface area contributed by atoms with Crippen molar-refractivity contribution in [3.8, 4) is 0 Å². The number of esters is 2. The molecule has 2 aliphatic heterocycles. The molecule has 2 heterocycles. The molecule has 2 saturated heterocycles. The maximum Gasteiger partial charge on any atom is 0.303 e. The summed E-state index contributed by atoms with van der Waals surface area (Å²) in [5.74, 6) is -4.42. The van der Waals surface area contributed by atoms with Gasteiger partial charge in [0.25, 0.3) is 0 Å². The summed E-state index contributed by atoms with van der Waals surface area (Å²) >= 11 is 0. The van der Waals surface area contributed by atoms with Crippen LogP contribution in [-0.4, -0.2) is 75.3 Å². The molecule has 10 atom stereocenters. The van der Waals surface area contributed by atoms with Crippen molar-refractivity contribution >= 4 is 11.9 Å². The molecule has 0 amide bonds. The zero-order valence-electron chi connectivity index (χ0n) is 19.7. The Labute approximate surface area is 193 Å². The number of carbonyl (C=O) groups is 2. The Morgan fingerprint density at radius 3 is 2.39 bits per heavy atom. The third kappa shape index (κ3) is 2.60. The summed E-state index contributed by atoms with van der Waals surface area (Å²) in [6.45, 7) is 6.31. The van der Waals surface area contributed by atoms with Gasteiger partial charge in [-0.05, 0) is 49.4 Å². The summed E-state index contributed by atoms with van der Waals surface area (Å²) in [5, 5.41) is 47.1. The molecule has 2 spiro atoms. The van der Waals surface area contributed by atoms with Gasteiger partial charge < -0.3 is 34.6 Å². The number of fused-ring (bicyclic) bond motifs is 2. The lowest BCUT2D eigenvalue weighted by molar-refractivity contribution is -0.468. The summed E-state index contributed by atoms with van der Waals surface area (Å²) in [4.78, 5) is 23.7. The highest BCUT2D eigenvalue weighted by Crippen LogP contribution is 2.78. The number of hydrogen-bond donors (Lipinski definition) is 4. The lowest BCUT2D eigenvalue weighted by atomic mass is 9.36. The van der Waals surface area contributed by atoms with Crippen molar-refractivity contribution in [3.05, 3.63) is 0 Å². The fourth-order valence-electron chi connectivity index (χ4n) is 8.99. The minimum atomic E-state index is -2.05. The predicted molar refractivity (Wildman–Crippen MR) is 112 cm³/mol. The van der Waals surface area contributed by atoms with Gasteiger partial charge in [0.2, 0.25) is 5.79 Å². The Balaban J connectivity index is 1.70. The zero-order chi connectivity index (χ0) is 24.2. The van der Waals surface area contributed by atoms with Crippen LogP contribution in [0.25, 0.3) is 0 Å². The molecule has 4 N–H and O–H groups in total. The van der Waals surface area contributed by atoms with Crippen molar-refractivity contribution in [2.75, 3.05) is 13.2 Å². The van der Waals surface area contributed by atoms with E-state index in [0.29, 0.717) is 25.7 Å². The minimum Gasteiger partial charge on any atom is -0.463 e. The van der Waals surface area contributed by atoms with Crippen LogP contribution in [0.2, 0.25) is 0 Å². The molecule has 186 valence electrons. The van der Waals surface area contributed by atoms with Crippen molar-refractivity contribution in [1.29, 1.82) is 0 Å². The van der Waals surface area contributed by atoms with Crippen molar-refractivity contribution in [2.45, 2.75) is 89.5 Å². The maximum atomic E-state index is 12.3. The molecule has 33 heavy (non-hydrogen) atoms. The summed E-state index contributed by atoms with van der Waals surface area (Å²) in [6, 6.07) is 0. The van der Waals surface area contributed by atoms with Crippen molar-refractivity contribution in [3.63, 3.8) is 0 Å². The number of rotatable bonds is 3. The fourth-order valence-corrected chi connectivity index (χ4v) is 8.99. The van der Waals surface area contributed by atoms with Gasteiger partial charge in [0, 0.05) is 25.2 Å². The quantitative estimate of drug-likeness (QED) is 0.436. The van der Waals surface area contributed by atoms with E-state index >= 15 is 0 Å². The van der Waals surface area contributed by atoms with Crippen LogP contribution in [0.5, 0.6) is 0 Å². The predicted octanol–water partition coefficient (Wildman–Crippen LogP) is 0.505. The Morgan fingerprint density at radius 2 is 1.76 bits per heavy atom. The molecule has 0 unspecified atom stereocenters. The monoisotopic (exact) mass is 468 g/mol. The summed E-state index contributed by atoms with van der Waals surface area (Å²) in [5.41, 5.74) is -4.38. The number of carbonyl (C=O) groups excluding carboxylic acids is 2. The Bertz CT molecular complexity index is 874. The fraction of sp³-hybridized carbons (Fsp3) is 0.917. The van der Waals surface area contributed by atoms with Crippen LogP contribution in [0.3, 0.4) is 0 Å². The van der Waals surface area contributed by atoms with E-state index < -0.39 is 70.9 Å². The van der Waals surface area contributed by atoms with E-state index in [9.17, 15) is 30.0 Å². The first-order valence-electron chi connectivity index (χ1n) is 12.0. The van der Waals surface area contributed by atoms with Crippen LogP contribution in [0, 0.1) is 34.0 Å². The van der Waals surface area contributed by atoms with Crippen LogP contribution < -0.4 is 0 Å². The van der Waals surface area contributed by atoms with Gasteiger partial charge in [-0.1, -0.05) is 13.8 Å². The second-order valence-electron chi connectivity index (χ2n) is 11.9. The maximum absolute atomic E-state index is 12.3. The molecule has 4 bridgehead atoms. The molecule has 0 aromatic rings. The molecule has 4 saturated carbocycles. The van der Waals surface area contributed by atoms with Crippen molar-refractivity contribution < 1.29 is 44.2 Å². The number of aliphatic hydroxyl groups is 4. The molecule has 6 rings (SSSR count). The summed E-state index contributed by atoms with van der Waals surface area (Å²) < 4.78 is 17.0. The van der Waals surface area contributed by atoms with Crippen LogP contribution in [0.1, 0.15) is 59.8 Å². The minimum absolute atomic E-state index is 0.0860. The van der Waals surface area contributed by atoms with Gasteiger partial charge in [0.15, 0.2) is 6.10 Å². The van der Waals surface area contributed by atoms with Gasteiger partial charge in [-0.25, -0.2) is 0 Å². The van der Waals surface area contributed by atoms with Crippen LogP contribution in [0.4, 0.5) is 0 Å². The largest absolute Gasteiger partial charge is 0.463 e. The Kier molecular flexibility index (Phi) is 4.91. The van der Waals surface area contributed by atoms with Crippen LogP contribution in [0.15, 0.2) is 0 Å². The van der Waals surface area contributed by atoms with Crippen molar-refractivity contribution in [2.24, 2.45) is 34.0 Å². The lowest BCUT2D eigenvalue weighted by Crippen LogP contribution is -2.84. The molecule has 4 aliphatic carbocycles. The first-order valence-corrected chi connectivity index (χ1v) is 12.0. The molecule has 9 nitrogen and oxygen atoms in total. The first kappa shape index (κ1) is 23.5. The molecule has 0 aromatic heterocycles. The number of aliphatic hydroxyl groups excluding tert-OH is 2. The number of hydrogen-bond acceptors (Lipinski definition) is 9. The van der Waals surface area contributed by atoms with Crippen LogP contribution in [-0.2, 0) is 23.8 Å². The summed E-state index contributed by atoms with van der Waals surface area (Å²) in [7, 11) is 0. The van der Waals surface area contributed by atoms with E-state index in [1.54, 1.807) is 0 Å². The topological polar surface area (TPSA) is 143 Å². The third-order valence-corrected chi connectivity index (χ3v) is 10.1. The standard InChI is InChI=1S/C24H36O9/c1-12(25)31-11-23(29)14-5-6-15-21-10-32-24(30,22(15,9-14)19(23)28)18(33-13(2)26)17(21)20(3,4)8-7-16(21)27/h14-19,27-30H,5-11H2,1-4H3/t14-,15+,16-,17-,18+,19+,21-,22+,23-,24+/m1/s1. The second-order valence-corrected chi connectivity index (χ2v) is 11.9. The van der Waals surface area contributed by atoms with Gasteiger partial charge in [-0.2, -0.15) is 0 Å². The molecule has 6 aliphatic rings. The Morgan fingerprint density at radius 1 is 1.06 bits per heavy atom. The average Bonchev–Trinajstić information content (AvgIpc) is 2.90. The normalized spacial score (nSPS) is 53.7. The van der Waals surface area contributed by atoms with E-state index in [-0.39, 0.29) is 24.4 Å². The highest BCUT2D eigenvalue weighted by atomic mass is 16.7. The van der Waals surface area contributed by atoms with Gasteiger partial charge in [-0.3, -0.25) is 9.59 Å². The van der Waals surface area contributed by atoms with E-state index in [1.807, 2.05) is 0 Å². The molecule has 9 heteroatoms. The smallest absolute Gasteiger partial charge is 0.303 e. The van der Waals surface area contributed by atoms with Crippen LogP contribution >= 0.6 is 0 Å². The van der Waals surface area contributed by atoms with Gasteiger partial charge in [0.1, 0.15) is 12.2 Å². The molecule has 0 aromatic carbocycles. The number of ether oxygens (including phenoxy) is 3.